The predicted octanol–water partition coefficient (Wildman–Crippen LogP) is 0.381. The summed E-state index contributed by atoms with van der Waals surface area (Å²) in [6.07, 6.45) is 0.885. The molecule has 0 saturated carbocycles. The van der Waals surface area contributed by atoms with Crippen LogP contribution in [0.4, 0.5) is 0 Å². The highest BCUT2D eigenvalue weighted by molar-refractivity contribution is 5.88. The lowest BCUT2D eigenvalue weighted by atomic mass is 9.78. The fraction of sp³-hybridized carbons (Fsp3) is 0.800. The molecule has 0 aromatic carbocycles. The molecule has 0 aromatic heterocycles. The van der Waals surface area contributed by atoms with Gasteiger partial charge in [-0.25, -0.2) is 0 Å². The van der Waals surface area contributed by atoms with E-state index in [0.717, 1.165) is 13.0 Å². The number of rotatable bonds is 0. The normalized spacial score (nSPS) is 22.2. The highest BCUT2D eigenvalue weighted by Gasteiger charge is 2.52. The molecule has 2 rings (SSSR count). The summed E-state index contributed by atoms with van der Waals surface area (Å²) < 4.78 is 0. The quantitative estimate of drug-likeness (QED) is 0.612. The third-order valence-corrected chi connectivity index (χ3v) is 2.80. The molecule has 1 N–H and O–H groups in total. The Hall–Kier alpha value is -1.06. The van der Waals surface area contributed by atoms with E-state index in [1.807, 2.05) is 13.8 Å². The molecule has 2 saturated heterocycles. The largest absolute Gasteiger partial charge is 0.355 e. The van der Waals surface area contributed by atoms with Gasteiger partial charge in [0.15, 0.2) is 0 Å². The highest BCUT2D eigenvalue weighted by atomic mass is 16.2. The van der Waals surface area contributed by atoms with Gasteiger partial charge < -0.3 is 10.2 Å². The van der Waals surface area contributed by atoms with Crippen molar-refractivity contribution in [2.75, 3.05) is 19.6 Å². The van der Waals surface area contributed by atoms with Crippen LogP contribution in [-0.2, 0) is 9.59 Å². The van der Waals surface area contributed by atoms with Crippen LogP contribution in [0.5, 0.6) is 0 Å². The van der Waals surface area contributed by atoms with E-state index in [4.69, 9.17) is 0 Å². The van der Waals surface area contributed by atoms with Crippen LogP contribution in [-0.4, -0.2) is 36.3 Å². The number of hydrogen-bond donors (Lipinski definition) is 1. The second kappa shape index (κ2) is 3.98. The molecule has 2 aliphatic rings. The van der Waals surface area contributed by atoms with E-state index in [2.05, 4.69) is 5.32 Å². The monoisotopic (exact) mass is 198 g/mol. The lowest BCUT2D eigenvalue weighted by Crippen LogP contribution is -2.60. The van der Waals surface area contributed by atoms with Gasteiger partial charge in [0.2, 0.25) is 11.8 Å². The Bertz CT molecular complexity index is 245. The minimum Gasteiger partial charge on any atom is -0.355 e. The van der Waals surface area contributed by atoms with Crippen molar-refractivity contribution in [2.24, 2.45) is 5.41 Å². The molecule has 0 unspecified atom stereocenters. The first kappa shape index (κ1) is 11.0. The molecular weight excluding hydrogens is 180 g/mol. The number of amides is 2. The number of hydrogen-bond acceptors (Lipinski definition) is 2. The smallest absolute Gasteiger partial charge is 0.229 e. The van der Waals surface area contributed by atoms with Crippen molar-refractivity contribution in [3.8, 4) is 0 Å². The van der Waals surface area contributed by atoms with Crippen LogP contribution in [0.1, 0.15) is 27.2 Å². The van der Waals surface area contributed by atoms with Gasteiger partial charge in [-0.05, 0) is 6.42 Å². The van der Waals surface area contributed by atoms with E-state index >= 15 is 0 Å². The maximum Gasteiger partial charge on any atom is 0.229 e. The lowest BCUT2D eigenvalue weighted by Gasteiger charge is -2.45. The Morgan fingerprint density at radius 2 is 2.00 bits per heavy atom. The second-order valence-corrected chi connectivity index (χ2v) is 3.66. The van der Waals surface area contributed by atoms with E-state index < -0.39 is 0 Å². The SMILES string of the molecule is CC.CC(=O)N1CC2(CCNC2=O)C1. The Labute approximate surface area is 84.7 Å². The molecule has 4 heteroatoms. The van der Waals surface area contributed by atoms with Gasteiger partial charge in [0.25, 0.3) is 0 Å². The average molecular weight is 198 g/mol. The Kier molecular flexibility index (Phi) is 3.13. The first-order chi connectivity index (χ1) is 6.64. The number of nitrogens with one attached hydrogen (secondary N) is 1. The van der Waals surface area contributed by atoms with E-state index in [9.17, 15) is 9.59 Å². The Morgan fingerprint density at radius 1 is 1.43 bits per heavy atom. The summed E-state index contributed by atoms with van der Waals surface area (Å²) in [5, 5.41) is 2.79. The maximum absolute atomic E-state index is 11.3. The summed E-state index contributed by atoms with van der Waals surface area (Å²) in [6, 6.07) is 0. The minimum atomic E-state index is -0.217. The number of carbonyl (C=O) groups excluding carboxylic acids is 2. The van der Waals surface area contributed by atoms with Crippen LogP contribution in [0.25, 0.3) is 0 Å². The maximum atomic E-state index is 11.3. The van der Waals surface area contributed by atoms with Crippen LogP contribution >= 0.6 is 0 Å². The zero-order valence-electron chi connectivity index (χ0n) is 9.09. The summed E-state index contributed by atoms with van der Waals surface area (Å²) in [5.74, 6) is 0.195. The van der Waals surface area contributed by atoms with Crippen LogP contribution in [0, 0.1) is 5.41 Å². The van der Waals surface area contributed by atoms with Gasteiger partial charge in [-0.15, -0.1) is 0 Å². The van der Waals surface area contributed by atoms with Gasteiger partial charge in [-0.2, -0.15) is 0 Å². The predicted molar refractivity (Wildman–Crippen MR) is 53.7 cm³/mol. The molecule has 0 atom stereocenters. The number of carbonyl (C=O) groups is 2. The van der Waals surface area contributed by atoms with Crippen molar-refractivity contribution in [2.45, 2.75) is 27.2 Å². The molecule has 0 aliphatic carbocycles. The van der Waals surface area contributed by atoms with Crippen molar-refractivity contribution in [1.82, 2.24) is 10.2 Å². The van der Waals surface area contributed by atoms with Crippen molar-refractivity contribution in [3.05, 3.63) is 0 Å². The third-order valence-electron chi connectivity index (χ3n) is 2.80. The summed E-state index contributed by atoms with van der Waals surface area (Å²) in [7, 11) is 0. The fourth-order valence-corrected chi connectivity index (χ4v) is 1.93. The molecule has 2 heterocycles. The zero-order valence-corrected chi connectivity index (χ0v) is 9.09. The fourth-order valence-electron chi connectivity index (χ4n) is 1.93. The summed E-state index contributed by atoms with van der Waals surface area (Å²) >= 11 is 0. The van der Waals surface area contributed by atoms with Gasteiger partial charge in [-0.1, -0.05) is 13.8 Å². The summed E-state index contributed by atoms with van der Waals surface area (Å²) in [6.45, 7) is 7.55. The molecule has 1 spiro atoms. The summed E-state index contributed by atoms with van der Waals surface area (Å²) in [4.78, 5) is 23.9. The van der Waals surface area contributed by atoms with Crippen LogP contribution in [0.3, 0.4) is 0 Å². The Balaban J connectivity index is 0.000000461. The van der Waals surface area contributed by atoms with Crippen molar-refractivity contribution >= 4 is 11.8 Å². The van der Waals surface area contributed by atoms with Gasteiger partial charge in [0, 0.05) is 26.6 Å². The average Bonchev–Trinajstić information content (AvgIpc) is 2.47. The standard InChI is InChI=1S/C8H12N2O2.C2H6/c1-6(11)10-4-8(5-10)2-3-9-7(8)12;1-2/h2-5H2,1H3,(H,9,12);1-2H3. The van der Waals surface area contributed by atoms with Gasteiger partial charge in [-0.3, -0.25) is 9.59 Å². The molecule has 2 aliphatic heterocycles. The first-order valence-corrected chi connectivity index (χ1v) is 5.18. The molecule has 2 amide bonds. The molecule has 0 bridgehead atoms. The van der Waals surface area contributed by atoms with Crippen LogP contribution in [0.15, 0.2) is 0 Å². The van der Waals surface area contributed by atoms with Crippen LogP contribution in [0.2, 0.25) is 0 Å². The summed E-state index contributed by atoms with van der Waals surface area (Å²) in [5.41, 5.74) is -0.217. The lowest BCUT2D eigenvalue weighted by molar-refractivity contribution is -0.148. The molecule has 80 valence electrons. The molecular formula is C10H18N2O2. The minimum absolute atomic E-state index is 0.0697. The third kappa shape index (κ3) is 1.61. The second-order valence-electron chi connectivity index (χ2n) is 3.66. The van der Waals surface area contributed by atoms with E-state index in [0.29, 0.717) is 13.1 Å². The first-order valence-electron chi connectivity index (χ1n) is 5.18. The highest BCUT2D eigenvalue weighted by Crippen LogP contribution is 2.36. The number of likely N-dealkylation sites (tertiary alicyclic amines) is 1. The van der Waals surface area contributed by atoms with E-state index in [-0.39, 0.29) is 17.2 Å². The molecule has 0 aromatic rings. The molecule has 0 radical (unpaired) electrons. The molecule has 4 nitrogen and oxygen atoms in total. The van der Waals surface area contributed by atoms with Gasteiger partial charge in [0.1, 0.15) is 0 Å². The Morgan fingerprint density at radius 3 is 2.36 bits per heavy atom. The molecule has 2 fully saturated rings. The van der Waals surface area contributed by atoms with Crippen molar-refractivity contribution in [3.63, 3.8) is 0 Å². The topological polar surface area (TPSA) is 49.4 Å². The van der Waals surface area contributed by atoms with Crippen molar-refractivity contribution < 1.29 is 9.59 Å². The number of nitrogens with zero attached hydrogens (tertiary/aromatic N) is 1. The van der Waals surface area contributed by atoms with Gasteiger partial charge >= 0.3 is 0 Å². The van der Waals surface area contributed by atoms with E-state index in [1.165, 1.54) is 0 Å². The van der Waals surface area contributed by atoms with Gasteiger partial charge in [0.05, 0.1) is 5.41 Å². The van der Waals surface area contributed by atoms with Crippen LogP contribution < -0.4 is 5.32 Å². The zero-order chi connectivity index (χ0) is 10.8. The van der Waals surface area contributed by atoms with E-state index in [1.54, 1.807) is 11.8 Å². The van der Waals surface area contributed by atoms with Crippen molar-refractivity contribution in [1.29, 1.82) is 0 Å². The molecule has 14 heavy (non-hydrogen) atoms.